The molecule has 2 atom stereocenters. The first-order chi connectivity index (χ1) is 13.3. The zero-order valence-corrected chi connectivity index (χ0v) is 19.1. The minimum absolute atomic E-state index is 0.0381. The van der Waals surface area contributed by atoms with E-state index in [0.29, 0.717) is 6.42 Å². The number of nitrogens with one attached hydrogen (secondary N) is 2. The van der Waals surface area contributed by atoms with E-state index in [4.69, 9.17) is 0 Å². The average Bonchev–Trinajstić information content (AvgIpc) is 2.64. The van der Waals surface area contributed by atoms with Crippen molar-refractivity contribution in [1.82, 2.24) is 10.6 Å². The van der Waals surface area contributed by atoms with Gasteiger partial charge in [0.1, 0.15) is 0 Å². The Morgan fingerprint density at radius 2 is 1.25 bits per heavy atom. The Kier molecular flexibility index (Phi) is 19.9. The van der Waals surface area contributed by atoms with Crippen molar-refractivity contribution in [2.24, 2.45) is 23.7 Å². The highest BCUT2D eigenvalue weighted by molar-refractivity contribution is 5.80. The first-order valence-corrected chi connectivity index (χ1v) is 11.1. The number of rotatable bonds is 10. The molecule has 0 amide bonds. The monoisotopic (exact) mass is 402 g/mol. The lowest BCUT2D eigenvalue weighted by Crippen LogP contribution is -2.37. The molecule has 0 aromatic heterocycles. The molecule has 1 saturated carbocycles. The van der Waals surface area contributed by atoms with Gasteiger partial charge in [-0.15, -0.1) is 0 Å². The van der Waals surface area contributed by atoms with Gasteiger partial charge in [0.15, 0.2) is 0 Å². The lowest BCUT2D eigenvalue weighted by Gasteiger charge is -2.31. The van der Waals surface area contributed by atoms with Crippen LogP contribution in [0.1, 0.15) is 80.1 Å². The Bertz CT molecular complexity index is 373. The Hall–Kier alpha value is -1.14. The van der Waals surface area contributed by atoms with Crippen LogP contribution in [0.2, 0.25) is 0 Å². The van der Waals surface area contributed by atoms with Gasteiger partial charge in [-0.2, -0.15) is 0 Å². The molecule has 0 bridgehead atoms. The highest BCUT2D eigenvalue weighted by Gasteiger charge is 2.39. The average molecular weight is 403 g/mol. The lowest BCUT2D eigenvalue weighted by atomic mass is 9.72. The van der Waals surface area contributed by atoms with Crippen LogP contribution in [-0.4, -0.2) is 48.3 Å². The molecule has 1 aliphatic rings. The number of aliphatic carboxylic acids is 2. The second-order valence-electron chi connectivity index (χ2n) is 7.75. The predicted octanol–water partition coefficient (Wildman–Crippen LogP) is 4.25. The van der Waals surface area contributed by atoms with Crippen molar-refractivity contribution in [3.8, 4) is 0 Å². The smallest absolute Gasteiger partial charge is 0.307 e. The second-order valence-corrected chi connectivity index (χ2v) is 7.75. The van der Waals surface area contributed by atoms with Crippen LogP contribution in [0.5, 0.6) is 0 Å². The number of hydrogen-bond acceptors (Lipinski definition) is 4. The first kappa shape index (κ1) is 29.1. The fourth-order valence-corrected chi connectivity index (χ4v) is 3.60. The van der Waals surface area contributed by atoms with E-state index in [9.17, 15) is 19.8 Å². The molecule has 0 aromatic rings. The predicted molar refractivity (Wildman–Crippen MR) is 117 cm³/mol. The summed E-state index contributed by atoms with van der Waals surface area (Å²) in [7, 11) is 0. The standard InChI is InChI=1S/C14H24O4.2C4H11N/c1-9(2)8-11(13(15)16)12(14(17)18)10-6-4-3-5-7-10;2*1-3-5-4-2/h9-12H,3-8H2,1-2H3,(H,15,16)(H,17,18);2*5H,3-4H2,1-2H3. The summed E-state index contributed by atoms with van der Waals surface area (Å²) in [6.45, 7) is 16.7. The van der Waals surface area contributed by atoms with Gasteiger partial charge in [-0.05, 0) is 57.3 Å². The molecule has 4 N–H and O–H groups in total. The summed E-state index contributed by atoms with van der Waals surface area (Å²) in [6, 6.07) is 0. The largest absolute Gasteiger partial charge is 0.481 e. The van der Waals surface area contributed by atoms with E-state index in [-0.39, 0.29) is 11.8 Å². The van der Waals surface area contributed by atoms with Gasteiger partial charge in [0.2, 0.25) is 0 Å². The number of carbonyl (C=O) groups is 2. The van der Waals surface area contributed by atoms with E-state index < -0.39 is 23.8 Å². The fourth-order valence-electron chi connectivity index (χ4n) is 3.60. The SMILES string of the molecule is CC(C)CC(C(=O)O)C(C(=O)O)C1CCCCC1.CCNCC.CCNCC. The Morgan fingerprint density at radius 3 is 1.50 bits per heavy atom. The summed E-state index contributed by atoms with van der Waals surface area (Å²) in [5.41, 5.74) is 0. The van der Waals surface area contributed by atoms with Gasteiger partial charge in [-0.1, -0.05) is 60.8 Å². The molecule has 168 valence electrons. The summed E-state index contributed by atoms with van der Waals surface area (Å²) >= 11 is 0. The lowest BCUT2D eigenvalue weighted by molar-refractivity contribution is -0.157. The van der Waals surface area contributed by atoms with Crippen molar-refractivity contribution in [2.45, 2.75) is 80.1 Å². The van der Waals surface area contributed by atoms with Crippen molar-refractivity contribution in [2.75, 3.05) is 26.2 Å². The topological polar surface area (TPSA) is 98.7 Å². The Balaban J connectivity index is 0. The van der Waals surface area contributed by atoms with Crippen LogP contribution in [0.3, 0.4) is 0 Å². The summed E-state index contributed by atoms with van der Waals surface area (Å²) in [6.07, 6.45) is 5.37. The highest BCUT2D eigenvalue weighted by atomic mass is 16.4. The molecule has 0 heterocycles. The van der Waals surface area contributed by atoms with Crippen LogP contribution in [-0.2, 0) is 9.59 Å². The number of carboxylic acids is 2. The fraction of sp³-hybridized carbons (Fsp3) is 0.909. The molecule has 0 aliphatic heterocycles. The molecular formula is C22H46N2O4. The maximum absolute atomic E-state index is 11.5. The van der Waals surface area contributed by atoms with Crippen LogP contribution in [0, 0.1) is 23.7 Å². The molecule has 1 aliphatic carbocycles. The van der Waals surface area contributed by atoms with Gasteiger partial charge in [-0.25, -0.2) is 0 Å². The van der Waals surface area contributed by atoms with Crippen molar-refractivity contribution in [1.29, 1.82) is 0 Å². The highest BCUT2D eigenvalue weighted by Crippen LogP contribution is 2.36. The van der Waals surface area contributed by atoms with Gasteiger partial charge < -0.3 is 20.8 Å². The van der Waals surface area contributed by atoms with Gasteiger partial charge >= 0.3 is 11.9 Å². The summed E-state index contributed by atoms with van der Waals surface area (Å²) in [5, 5.41) is 24.9. The maximum atomic E-state index is 11.5. The third-order valence-electron chi connectivity index (χ3n) is 4.92. The molecule has 0 spiro atoms. The minimum atomic E-state index is -0.957. The normalized spacial score (nSPS) is 16.2. The summed E-state index contributed by atoms with van der Waals surface area (Å²) in [5.74, 6) is -3.11. The van der Waals surface area contributed by atoms with Crippen molar-refractivity contribution >= 4 is 11.9 Å². The molecule has 6 heteroatoms. The van der Waals surface area contributed by atoms with Crippen LogP contribution in [0.25, 0.3) is 0 Å². The molecule has 0 aromatic carbocycles. The van der Waals surface area contributed by atoms with Gasteiger partial charge in [0.05, 0.1) is 11.8 Å². The summed E-state index contributed by atoms with van der Waals surface area (Å²) in [4.78, 5) is 22.8. The van der Waals surface area contributed by atoms with E-state index in [1.807, 2.05) is 13.8 Å². The van der Waals surface area contributed by atoms with E-state index >= 15 is 0 Å². The molecule has 28 heavy (non-hydrogen) atoms. The van der Waals surface area contributed by atoms with Crippen molar-refractivity contribution in [3.05, 3.63) is 0 Å². The number of hydrogen-bond donors (Lipinski definition) is 4. The minimum Gasteiger partial charge on any atom is -0.481 e. The molecule has 6 nitrogen and oxygen atoms in total. The molecule has 2 unspecified atom stereocenters. The Labute approximate surface area is 172 Å². The molecular weight excluding hydrogens is 356 g/mol. The van der Waals surface area contributed by atoms with Crippen LogP contribution in [0.4, 0.5) is 0 Å². The van der Waals surface area contributed by atoms with Crippen LogP contribution < -0.4 is 10.6 Å². The van der Waals surface area contributed by atoms with Gasteiger partial charge in [0.25, 0.3) is 0 Å². The van der Waals surface area contributed by atoms with E-state index in [1.54, 1.807) is 0 Å². The van der Waals surface area contributed by atoms with Crippen molar-refractivity contribution in [3.63, 3.8) is 0 Å². The molecule has 0 saturated heterocycles. The van der Waals surface area contributed by atoms with E-state index in [0.717, 1.165) is 58.3 Å². The first-order valence-electron chi connectivity index (χ1n) is 11.1. The quantitative estimate of drug-likeness (QED) is 0.436. The maximum Gasteiger partial charge on any atom is 0.307 e. The molecule has 0 radical (unpaired) electrons. The Morgan fingerprint density at radius 1 is 0.821 bits per heavy atom. The van der Waals surface area contributed by atoms with Gasteiger partial charge in [-0.3, -0.25) is 9.59 Å². The van der Waals surface area contributed by atoms with E-state index in [1.165, 1.54) is 0 Å². The molecule has 1 rings (SSSR count). The van der Waals surface area contributed by atoms with Crippen LogP contribution in [0.15, 0.2) is 0 Å². The summed E-state index contributed by atoms with van der Waals surface area (Å²) < 4.78 is 0. The van der Waals surface area contributed by atoms with Gasteiger partial charge in [0, 0.05) is 0 Å². The molecule has 1 fully saturated rings. The second kappa shape index (κ2) is 19.2. The zero-order chi connectivity index (χ0) is 21.9. The van der Waals surface area contributed by atoms with Crippen molar-refractivity contribution < 1.29 is 19.8 Å². The zero-order valence-electron chi connectivity index (χ0n) is 19.1. The number of carboxylic acid groups (broad SMARTS) is 2. The van der Waals surface area contributed by atoms with Crippen LogP contribution >= 0.6 is 0 Å². The third kappa shape index (κ3) is 14.9. The third-order valence-corrected chi connectivity index (χ3v) is 4.92. The van der Waals surface area contributed by atoms with E-state index in [2.05, 4.69) is 38.3 Å².